The lowest BCUT2D eigenvalue weighted by atomic mass is 9.90. The molecular weight excluding hydrogens is 186 g/mol. The minimum atomic E-state index is -0.0481. The van der Waals surface area contributed by atoms with Gasteiger partial charge in [-0.15, -0.1) is 0 Å². The van der Waals surface area contributed by atoms with Crippen LogP contribution in [-0.4, -0.2) is 9.97 Å². The van der Waals surface area contributed by atoms with Crippen LogP contribution in [0.2, 0.25) is 0 Å². The van der Waals surface area contributed by atoms with Crippen LogP contribution < -0.4 is 5.73 Å². The molecule has 0 saturated heterocycles. The Labute approximate surface area is 92.1 Å². The van der Waals surface area contributed by atoms with Crippen molar-refractivity contribution in [3.05, 3.63) is 17.6 Å². The van der Waals surface area contributed by atoms with E-state index in [1.165, 1.54) is 0 Å². The molecule has 0 aliphatic heterocycles. The van der Waals surface area contributed by atoms with Crippen molar-refractivity contribution in [1.29, 1.82) is 0 Å². The summed E-state index contributed by atoms with van der Waals surface area (Å²) in [6, 6.07) is 0. The van der Waals surface area contributed by atoms with Crippen molar-refractivity contribution >= 4 is 5.82 Å². The molecule has 3 heteroatoms. The zero-order chi connectivity index (χ0) is 11.9. The molecule has 0 saturated carbocycles. The summed E-state index contributed by atoms with van der Waals surface area (Å²) in [5.74, 6) is 0.551. The molecular formula is C12H21N3. The van der Waals surface area contributed by atoms with Crippen molar-refractivity contribution in [3.63, 3.8) is 0 Å². The fourth-order valence-corrected chi connectivity index (χ4v) is 1.34. The number of anilines is 1. The third-order valence-corrected chi connectivity index (χ3v) is 2.28. The second-order valence-electron chi connectivity index (χ2n) is 5.99. The summed E-state index contributed by atoms with van der Waals surface area (Å²) in [5, 5.41) is 0. The molecule has 0 amide bonds. The van der Waals surface area contributed by atoms with Crippen LogP contribution in [0.25, 0.3) is 0 Å². The van der Waals surface area contributed by atoms with Gasteiger partial charge < -0.3 is 5.73 Å². The molecule has 84 valence electrons. The van der Waals surface area contributed by atoms with Gasteiger partial charge in [0.2, 0.25) is 0 Å². The zero-order valence-corrected chi connectivity index (χ0v) is 10.5. The maximum Gasteiger partial charge on any atom is 0.146 e. The van der Waals surface area contributed by atoms with Crippen LogP contribution in [0.4, 0.5) is 5.82 Å². The Balaban J connectivity index is 3.21. The summed E-state index contributed by atoms with van der Waals surface area (Å²) in [6.45, 7) is 12.6. The number of nitrogens with zero attached hydrogens (tertiary/aromatic N) is 2. The van der Waals surface area contributed by atoms with Gasteiger partial charge in [0.05, 0.1) is 11.4 Å². The van der Waals surface area contributed by atoms with Gasteiger partial charge in [-0.1, -0.05) is 41.5 Å². The summed E-state index contributed by atoms with van der Waals surface area (Å²) in [6.07, 6.45) is 1.83. The van der Waals surface area contributed by atoms with E-state index in [-0.39, 0.29) is 10.8 Å². The van der Waals surface area contributed by atoms with Crippen LogP contribution >= 0.6 is 0 Å². The Morgan fingerprint density at radius 2 is 1.53 bits per heavy atom. The molecule has 0 atom stereocenters. The smallest absolute Gasteiger partial charge is 0.146 e. The average molecular weight is 207 g/mol. The first-order chi connectivity index (χ1) is 6.62. The van der Waals surface area contributed by atoms with Gasteiger partial charge in [0.25, 0.3) is 0 Å². The van der Waals surface area contributed by atoms with E-state index in [9.17, 15) is 0 Å². The average Bonchev–Trinajstić information content (AvgIpc) is 1.99. The van der Waals surface area contributed by atoms with Gasteiger partial charge in [-0.05, 0) is 0 Å². The molecule has 3 nitrogen and oxygen atoms in total. The van der Waals surface area contributed by atoms with Crippen LogP contribution in [0.5, 0.6) is 0 Å². The van der Waals surface area contributed by atoms with Gasteiger partial charge in [-0.3, -0.25) is 4.98 Å². The van der Waals surface area contributed by atoms with E-state index in [1.807, 2.05) is 6.20 Å². The molecule has 1 heterocycles. The molecule has 1 rings (SSSR count). The standard InChI is InChI=1S/C12H21N3/c1-11(2,3)8-7-14-9(10(13)15-8)12(4,5)6/h7H,1-6H3,(H2,13,15). The van der Waals surface area contributed by atoms with Gasteiger partial charge in [0.15, 0.2) is 0 Å². The maximum absolute atomic E-state index is 5.93. The Hall–Kier alpha value is -1.12. The summed E-state index contributed by atoms with van der Waals surface area (Å²) in [5.41, 5.74) is 7.69. The van der Waals surface area contributed by atoms with Gasteiger partial charge in [-0.25, -0.2) is 4.98 Å². The molecule has 15 heavy (non-hydrogen) atoms. The molecule has 0 aromatic carbocycles. The first-order valence-electron chi connectivity index (χ1n) is 5.26. The third-order valence-electron chi connectivity index (χ3n) is 2.28. The van der Waals surface area contributed by atoms with Gasteiger partial charge in [-0.2, -0.15) is 0 Å². The largest absolute Gasteiger partial charge is 0.382 e. The summed E-state index contributed by atoms with van der Waals surface area (Å²) in [4.78, 5) is 8.85. The van der Waals surface area contributed by atoms with Crippen molar-refractivity contribution < 1.29 is 0 Å². The number of rotatable bonds is 0. The third kappa shape index (κ3) is 2.67. The molecule has 0 radical (unpaired) electrons. The van der Waals surface area contributed by atoms with Gasteiger partial charge in [0.1, 0.15) is 5.82 Å². The van der Waals surface area contributed by atoms with Crippen molar-refractivity contribution in [3.8, 4) is 0 Å². The molecule has 0 aliphatic rings. The number of nitrogen functional groups attached to an aromatic ring is 1. The maximum atomic E-state index is 5.93. The Kier molecular flexibility index (Phi) is 2.77. The van der Waals surface area contributed by atoms with Gasteiger partial charge >= 0.3 is 0 Å². The lowest BCUT2D eigenvalue weighted by Gasteiger charge is -2.22. The van der Waals surface area contributed by atoms with Crippen LogP contribution in [0.3, 0.4) is 0 Å². The van der Waals surface area contributed by atoms with Crippen LogP contribution in [-0.2, 0) is 10.8 Å². The molecule has 0 unspecified atom stereocenters. The summed E-state index contributed by atoms with van der Waals surface area (Å²) >= 11 is 0. The second kappa shape index (κ2) is 3.47. The van der Waals surface area contributed by atoms with E-state index in [1.54, 1.807) is 0 Å². The van der Waals surface area contributed by atoms with E-state index in [0.29, 0.717) is 5.82 Å². The highest BCUT2D eigenvalue weighted by atomic mass is 14.9. The number of hydrogen-bond acceptors (Lipinski definition) is 3. The minimum Gasteiger partial charge on any atom is -0.382 e. The van der Waals surface area contributed by atoms with Crippen LogP contribution in [0, 0.1) is 0 Å². The first kappa shape index (κ1) is 12.0. The Morgan fingerprint density at radius 3 is 1.87 bits per heavy atom. The fraction of sp³-hybridized carbons (Fsp3) is 0.667. The molecule has 0 spiro atoms. The normalized spacial score (nSPS) is 12.9. The van der Waals surface area contributed by atoms with E-state index < -0.39 is 0 Å². The highest BCUT2D eigenvalue weighted by Crippen LogP contribution is 2.27. The molecule has 0 bridgehead atoms. The zero-order valence-electron chi connectivity index (χ0n) is 10.5. The van der Waals surface area contributed by atoms with Crippen molar-refractivity contribution in [2.24, 2.45) is 0 Å². The van der Waals surface area contributed by atoms with E-state index in [2.05, 4.69) is 51.5 Å². The lowest BCUT2D eigenvalue weighted by molar-refractivity contribution is 0.543. The number of nitrogens with two attached hydrogens (primary N) is 1. The monoisotopic (exact) mass is 207 g/mol. The highest BCUT2D eigenvalue weighted by Gasteiger charge is 2.22. The predicted molar refractivity (Wildman–Crippen MR) is 63.8 cm³/mol. The van der Waals surface area contributed by atoms with E-state index in [4.69, 9.17) is 5.73 Å². The quantitative estimate of drug-likeness (QED) is 0.711. The van der Waals surface area contributed by atoms with Gasteiger partial charge in [0, 0.05) is 17.0 Å². The molecule has 2 N–H and O–H groups in total. The van der Waals surface area contributed by atoms with Crippen molar-refractivity contribution in [2.45, 2.75) is 52.4 Å². The molecule has 1 aromatic heterocycles. The topological polar surface area (TPSA) is 51.8 Å². The summed E-state index contributed by atoms with van der Waals surface area (Å²) in [7, 11) is 0. The first-order valence-corrected chi connectivity index (χ1v) is 5.26. The van der Waals surface area contributed by atoms with E-state index >= 15 is 0 Å². The summed E-state index contributed by atoms with van der Waals surface area (Å²) < 4.78 is 0. The molecule has 1 aromatic rings. The van der Waals surface area contributed by atoms with Crippen molar-refractivity contribution in [2.75, 3.05) is 5.73 Å². The minimum absolute atomic E-state index is 0.00245. The molecule has 0 fully saturated rings. The fourth-order valence-electron chi connectivity index (χ4n) is 1.34. The van der Waals surface area contributed by atoms with Crippen LogP contribution in [0.15, 0.2) is 6.20 Å². The van der Waals surface area contributed by atoms with Crippen molar-refractivity contribution in [1.82, 2.24) is 9.97 Å². The number of hydrogen-bond donors (Lipinski definition) is 1. The Morgan fingerprint density at radius 1 is 1.00 bits per heavy atom. The van der Waals surface area contributed by atoms with Crippen LogP contribution in [0.1, 0.15) is 52.9 Å². The SMILES string of the molecule is CC(C)(C)c1cnc(C(C)(C)C)c(N)n1. The number of aromatic nitrogens is 2. The molecule has 0 aliphatic carbocycles. The predicted octanol–water partition coefficient (Wildman–Crippen LogP) is 2.65. The highest BCUT2D eigenvalue weighted by molar-refractivity contribution is 5.39. The van der Waals surface area contributed by atoms with E-state index in [0.717, 1.165) is 11.4 Å². The Bertz CT molecular complexity index is 356. The second-order valence-corrected chi connectivity index (χ2v) is 5.99. The lowest BCUT2D eigenvalue weighted by Crippen LogP contribution is -2.21.